The third-order valence-electron chi connectivity index (χ3n) is 5.04. The van der Waals surface area contributed by atoms with Crippen LogP contribution in [0.15, 0.2) is 35.1 Å². The van der Waals surface area contributed by atoms with E-state index in [1.165, 1.54) is 18.9 Å². The molecule has 0 radical (unpaired) electrons. The molecule has 0 spiro atoms. The summed E-state index contributed by atoms with van der Waals surface area (Å²) in [4.78, 5) is 23.5. The van der Waals surface area contributed by atoms with Crippen LogP contribution in [0.25, 0.3) is 0 Å². The van der Waals surface area contributed by atoms with Crippen molar-refractivity contribution in [3.63, 3.8) is 0 Å². The number of carboxylic acids is 1. The molecule has 144 valence electrons. The Balaban J connectivity index is 1.77. The summed E-state index contributed by atoms with van der Waals surface area (Å²) in [6.45, 7) is 0.946. The number of aromatic carboxylic acids is 1. The molecule has 1 saturated carbocycles. The summed E-state index contributed by atoms with van der Waals surface area (Å²) in [5, 5.41) is 13.1. The maximum atomic E-state index is 12.6. The van der Waals surface area contributed by atoms with Gasteiger partial charge in [0, 0.05) is 19.1 Å². The van der Waals surface area contributed by atoms with Crippen LogP contribution in [0.5, 0.6) is 0 Å². The number of hydrogen-bond acceptors (Lipinski definition) is 3. The van der Waals surface area contributed by atoms with Gasteiger partial charge in [-0.3, -0.25) is 4.79 Å². The van der Waals surface area contributed by atoms with Crippen LogP contribution >= 0.6 is 23.2 Å². The average Bonchev–Trinajstić information content (AvgIpc) is 3.16. The summed E-state index contributed by atoms with van der Waals surface area (Å²) in [7, 11) is 0. The molecule has 5 nitrogen and oxygen atoms in total. The number of benzene rings is 1. The summed E-state index contributed by atoms with van der Waals surface area (Å²) < 4.78 is 1.62. The van der Waals surface area contributed by atoms with Crippen LogP contribution in [0.4, 0.5) is 0 Å². The quantitative estimate of drug-likeness (QED) is 0.722. The monoisotopic (exact) mass is 408 g/mol. The topological polar surface area (TPSA) is 71.3 Å². The first kappa shape index (κ1) is 19.9. The van der Waals surface area contributed by atoms with E-state index in [1.54, 1.807) is 28.8 Å². The second kappa shape index (κ2) is 8.91. The van der Waals surface area contributed by atoms with Gasteiger partial charge in [0.2, 0.25) is 0 Å². The number of hydrogen-bond donors (Lipinski definition) is 2. The molecule has 0 aliphatic heterocycles. The van der Waals surface area contributed by atoms with Gasteiger partial charge < -0.3 is 15.0 Å². The van der Waals surface area contributed by atoms with Gasteiger partial charge in [0.15, 0.2) is 0 Å². The van der Waals surface area contributed by atoms with Crippen molar-refractivity contribution in [2.24, 2.45) is 0 Å². The first-order valence-electron chi connectivity index (χ1n) is 9.09. The van der Waals surface area contributed by atoms with Crippen LogP contribution < -0.4 is 10.9 Å². The Kier molecular flexibility index (Phi) is 6.58. The van der Waals surface area contributed by atoms with Crippen LogP contribution in [-0.2, 0) is 19.5 Å². The van der Waals surface area contributed by atoms with Crippen molar-refractivity contribution < 1.29 is 9.90 Å². The summed E-state index contributed by atoms with van der Waals surface area (Å²) in [5.74, 6) is -0.959. The summed E-state index contributed by atoms with van der Waals surface area (Å²) in [6.07, 6.45) is 5.32. The van der Waals surface area contributed by atoms with Crippen molar-refractivity contribution in [1.29, 1.82) is 0 Å². The van der Waals surface area contributed by atoms with Gasteiger partial charge in [0.1, 0.15) is 5.02 Å². The van der Waals surface area contributed by atoms with Crippen molar-refractivity contribution >= 4 is 29.2 Å². The van der Waals surface area contributed by atoms with Crippen LogP contribution in [0, 0.1) is 0 Å². The molecule has 0 bridgehead atoms. The van der Waals surface area contributed by atoms with Gasteiger partial charge in [-0.25, -0.2) is 4.79 Å². The van der Waals surface area contributed by atoms with E-state index in [0.29, 0.717) is 30.6 Å². The fraction of sp³-hybridized carbons (Fsp3) is 0.400. The summed E-state index contributed by atoms with van der Waals surface area (Å²) in [6, 6.07) is 8.62. The zero-order chi connectivity index (χ0) is 19.4. The Bertz CT molecular complexity index is 872. The first-order valence-corrected chi connectivity index (χ1v) is 9.84. The Hall–Kier alpha value is -1.82. The van der Waals surface area contributed by atoms with E-state index in [2.05, 4.69) is 5.32 Å². The molecule has 0 unspecified atom stereocenters. The number of aromatic nitrogens is 1. The highest BCUT2D eigenvalue weighted by Gasteiger charge is 2.17. The molecule has 1 aliphatic carbocycles. The van der Waals surface area contributed by atoms with Gasteiger partial charge in [-0.05, 0) is 43.0 Å². The Morgan fingerprint density at radius 2 is 1.81 bits per heavy atom. The maximum absolute atomic E-state index is 12.6. The Labute approximate surface area is 167 Å². The number of carboxylic acid groups (broad SMARTS) is 1. The van der Waals surface area contributed by atoms with Gasteiger partial charge in [0.25, 0.3) is 5.56 Å². The number of rotatable bonds is 7. The third kappa shape index (κ3) is 4.92. The molecule has 1 aromatic carbocycles. The van der Waals surface area contributed by atoms with E-state index in [9.17, 15) is 9.59 Å². The van der Waals surface area contributed by atoms with Gasteiger partial charge >= 0.3 is 5.97 Å². The van der Waals surface area contributed by atoms with E-state index < -0.39 is 5.97 Å². The largest absolute Gasteiger partial charge is 0.478 e. The number of nitrogens with zero attached hydrogens (tertiary/aromatic N) is 1. The van der Waals surface area contributed by atoms with E-state index >= 15 is 0 Å². The standard InChI is InChI=1S/C20H22Cl2N2O3/c21-16-11-17(22)19(25)24(18(16)12-23-15-3-1-2-4-15)10-9-13-5-7-14(8-6-13)20(26)27/h5-8,11,15,23H,1-4,9-10,12H2,(H,26,27). The molecule has 0 amide bonds. The lowest BCUT2D eigenvalue weighted by Gasteiger charge is -2.18. The lowest BCUT2D eigenvalue weighted by atomic mass is 10.1. The maximum Gasteiger partial charge on any atom is 0.335 e. The highest BCUT2D eigenvalue weighted by Crippen LogP contribution is 2.21. The normalized spacial score (nSPS) is 14.6. The fourth-order valence-electron chi connectivity index (χ4n) is 3.48. The molecule has 27 heavy (non-hydrogen) atoms. The molecule has 1 heterocycles. The van der Waals surface area contributed by atoms with Gasteiger partial charge in [-0.2, -0.15) is 0 Å². The average molecular weight is 409 g/mol. The molecule has 3 rings (SSSR count). The minimum atomic E-state index is -0.959. The van der Waals surface area contributed by atoms with Crippen molar-refractivity contribution in [1.82, 2.24) is 9.88 Å². The van der Waals surface area contributed by atoms with Crippen LogP contribution in [0.1, 0.15) is 47.3 Å². The van der Waals surface area contributed by atoms with Gasteiger partial charge in [-0.1, -0.05) is 48.2 Å². The van der Waals surface area contributed by atoms with Crippen molar-refractivity contribution in [2.45, 2.75) is 51.2 Å². The van der Waals surface area contributed by atoms with E-state index in [-0.39, 0.29) is 16.1 Å². The molecule has 2 N–H and O–H groups in total. The second-order valence-electron chi connectivity index (χ2n) is 6.86. The molecule has 1 fully saturated rings. The fourth-order valence-corrected chi connectivity index (χ4v) is 4.02. The minimum absolute atomic E-state index is 0.103. The zero-order valence-corrected chi connectivity index (χ0v) is 16.4. The summed E-state index contributed by atoms with van der Waals surface area (Å²) >= 11 is 12.4. The highest BCUT2D eigenvalue weighted by molar-refractivity contribution is 6.34. The highest BCUT2D eigenvalue weighted by atomic mass is 35.5. The lowest BCUT2D eigenvalue weighted by molar-refractivity contribution is 0.0697. The van der Waals surface area contributed by atoms with Gasteiger partial charge in [-0.15, -0.1) is 0 Å². The molecular formula is C20H22Cl2N2O3. The number of pyridine rings is 1. The van der Waals surface area contributed by atoms with E-state index in [4.69, 9.17) is 28.3 Å². The molecular weight excluding hydrogens is 387 g/mol. The smallest absolute Gasteiger partial charge is 0.335 e. The predicted molar refractivity (Wildman–Crippen MR) is 107 cm³/mol. The molecule has 7 heteroatoms. The number of aryl methyl sites for hydroxylation is 1. The first-order chi connectivity index (χ1) is 13.0. The Morgan fingerprint density at radius 1 is 1.15 bits per heavy atom. The van der Waals surface area contributed by atoms with Gasteiger partial charge in [0.05, 0.1) is 16.3 Å². The number of carbonyl (C=O) groups is 1. The second-order valence-corrected chi connectivity index (χ2v) is 7.67. The van der Waals surface area contributed by atoms with Crippen molar-refractivity contribution in [2.75, 3.05) is 0 Å². The minimum Gasteiger partial charge on any atom is -0.478 e. The summed E-state index contributed by atoms with van der Waals surface area (Å²) in [5.41, 5.74) is 1.66. The van der Waals surface area contributed by atoms with Crippen molar-refractivity contribution in [3.05, 3.63) is 67.6 Å². The molecule has 2 aromatic rings. The van der Waals surface area contributed by atoms with Crippen LogP contribution in [0.3, 0.4) is 0 Å². The SMILES string of the molecule is O=C(O)c1ccc(CCn2c(CNC3CCCC3)c(Cl)cc(Cl)c2=O)cc1. The Morgan fingerprint density at radius 3 is 2.44 bits per heavy atom. The predicted octanol–water partition coefficient (Wildman–Crippen LogP) is 4.13. The molecule has 0 saturated heterocycles. The zero-order valence-electron chi connectivity index (χ0n) is 14.9. The number of halogens is 2. The van der Waals surface area contributed by atoms with Crippen molar-refractivity contribution in [3.8, 4) is 0 Å². The molecule has 1 aliphatic rings. The third-order valence-corrected chi connectivity index (χ3v) is 5.64. The van der Waals surface area contributed by atoms with Crippen LogP contribution in [-0.4, -0.2) is 21.7 Å². The lowest BCUT2D eigenvalue weighted by Crippen LogP contribution is -2.31. The van der Waals surface area contributed by atoms with Crippen LogP contribution in [0.2, 0.25) is 10.0 Å². The van der Waals surface area contributed by atoms with E-state index in [0.717, 1.165) is 24.1 Å². The molecule has 0 atom stereocenters. The van der Waals surface area contributed by atoms with E-state index in [1.807, 2.05) is 0 Å². The molecule has 1 aromatic heterocycles. The number of nitrogens with one attached hydrogen (secondary N) is 1.